The summed E-state index contributed by atoms with van der Waals surface area (Å²) in [5.41, 5.74) is 1.43. The van der Waals surface area contributed by atoms with Gasteiger partial charge in [-0.15, -0.1) is 0 Å². The zero-order chi connectivity index (χ0) is 14.6. The van der Waals surface area contributed by atoms with Gasteiger partial charge in [0.15, 0.2) is 0 Å². The van der Waals surface area contributed by atoms with Crippen LogP contribution in [0.5, 0.6) is 0 Å². The van der Waals surface area contributed by atoms with Gasteiger partial charge in [-0.25, -0.2) is 0 Å². The molecule has 0 heterocycles. The molecule has 23 heavy (non-hydrogen) atoms. The molecular formula is C18H25Cl2NOTi. The molecule has 0 aromatic rings. The van der Waals surface area contributed by atoms with Crippen LogP contribution < -0.4 is 28.6 Å². The zero-order valence-corrected chi connectivity index (χ0v) is 16.9. The van der Waals surface area contributed by atoms with E-state index in [0.717, 1.165) is 17.8 Å². The normalized spacial score (nSPS) is 39.6. The summed E-state index contributed by atoms with van der Waals surface area (Å²) in [6.45, 7) is 4.44. The van der Waals surface area contributed by atoms with Crippen LogP contribution in [-0.4, -0.2) is 5.91 Å². The molecule has 1 amide bonds. The molecule has 4 bridgehead atoms. The van der Waals surface area contributed by atoms with Gasteiger partial charge in [0.05, 0.1) is 0 Å². The average molecular weight is 390 g/mol. The summed E-state index contributed by atoms with van der Waals surface area (Å²) in [4.78, 5) is 12.9. The SMILES string of the molecule is CC1=[C]([Ti+2][NH]C(=O)C23CC4CC(CC(C4)C2)C3)C(C)C=C1.[Cl-].[Cl-]. The molecule has 0 aromatic heterocycles. The van der Waals surface area contributed by atoms with Gasteiger partial charge in [-0.2, -0.15) is 0 Å². The minimum absolute atomic E-state index is 0. The van der Waals surface area contributed by atoms with E-state index in [0.29, 0.717) is 11.8 Å². The summed E-state index contributed by atoms with van der Waals surface area (Å²) >= 11 is -0.486. The summed E-state index contributed by atoms with van der Waals surface area (Å²) in [7, 11) is 0. The van der Waals surface area contributed by atoms with Gasteiger partial charge in [0, 0.05) is 0 Å². The molecule has 5 rings (SSSR count). The number of allylic oxidation sites excluding steroid dienone is 4. The average Bonchev–Trinajstić information content (AvgIpc) is 2.74. The van der Waals surface area contributed by atoms with Crippen LogP contribution in [-0.2, 0) is 24.2 Å². The predicted octanol–water partition coefficient (Wildman–Crippen LogP) is -2.20. The Morgan fingerprint density at radius 3 is 2.09 bits per heavy atom. The molecule has 1 N–H and O–H groups in total. The number of rotatable bonds is 3. The summed E-state index contributed by atoms with van der Waals surface area (Å²) < 4.78 is 4.95. The van der Waals surface area contributed by atoms with Crippen molar-refractivity contribution in [3.8, 4) is 0 Å². The summed E-state index contributed by atoms with van der Waals surface area (Å²) in [5, 5.41) is 0. The van der Waals surface area contributed by atoms with Gasteiger partial charge in [-0.1, -0.05) is 0 Å². The van der Waals surface area contributed by atoms with E-state index in [1.165, 1.54) is 48.0 Å². The van der Waals surface area contributed by atoms with E-state index in [9.17, 15) is 4.79 Å². The van der Waals surface area contributed by atoms with Gasteiger partial charge >= 0.3 is 137 Å². The second-order valence-corrected chi connectivity index (χ2v) is 9.64. The van der Waals surface area contributed by atoms with Crippen LogP contribution in [0.4, 0.5) is 0 Å². The first-order chi connectivity index (χ1) is 10.1. The molecule has 0 saturated heterocycles. The molecule has 5 heteroatoms. The van der Waals surface area contributed by atoms with E-state index in [1.807, 2.05) is 0 Å². The standard InChI is InChI=1S/C11H17NO.C7H9.2ClH.Ti/c12-10(13)11-4-7-1-8(5-11)3-9(2-7)6-11;1-6-3-4-7(2)5-6;;;/h7-9H,1-6H2,(H2,12,13);3-4,6H,1-2H3;2*1H;/q;;;;+3/p-3. The van der Waals surface area contributed by atoms with E-state index < -0.39 is 19.4 Å². The third kappa shape index (κ3) is 3.47. The fraction of sp³-hybridized carbons (Fsp3) is 0.722. The van der Waals surface area contributed by atoms with Crippen LogP contribution in [0.15, 0.2) is 21.6 Å². The third-order valence-electron chi connectivity index (χ3n) is 6.35. The van der Waals surface area contributed by atoms with E-state index in [-0.39, 0.29) is 30.2 Å². The first-order valence-corrected chi connectivity index (χ1v) is 10.1. The Kier molecular flexibility index (Phi) is 6.16. The van der Waals surface area contributed by atoms with Crippen molar-refractivity contribution in [2.45, 2.75) is 52.4 Å². The number of hydrogen-bond donors (Lipinski definition) is 1. The molecular weight excluding hydrogens is 365 g/mol. The molecule has 5 aliphatic rings. The van der Waals surface area contributed by atoms with Crippen LogP contribution in [0.2, 0.25) is 0 Å². The smallest absolute Gasteiger partial charge is 1.00 e. The fourth-order valence-corrected chi connectivity index (χ4v) is 7.44. The molecule has 1 atom stereocenters. The monoisotopic (exact) mass is 389 g/mol. The van der Waals surface area contributed by atoms with Gasteiger partial charge in [0.25, 0.3) is 0 Å². The van der Waals surface area contributed by atoms with Crippen LogP contribution in [0, 0.1) is 29.1 Å². The third-order valence-corrected chi connectivity index (χ3v) is 8.64. The van der Waals surface area contributed by atoms with E-state index in [4.69, 9.17) is 0 Å². The van der Waals surface area contributed by atoms with Gasteiger partial charge in [0.2, 0.25) is 0 Å². The summed E-state index contributed by atoms with van der Waals surface area (Å²) in [5.74, 6) is 3.53. The van der Waals surface area contributed by atoms with Gasteiger partial charge in [-0.3, -0.25) is 0 Å². The van der Waals surface area contributed by atoms with Crippen molar-refractivity contribution in [2.75, 3.05) is 0 Å². The summed E-state index contributed by atoms with van der Waals surface area (Å²) in [6.07, 6.45) is 12.3. The number of hydrogen-bond acceptors (Lipinski definition) is 1. The van der Waals surface area contributed by atoms with Crippen LogP contribution in [0.1, 0.15) is 52.4 Å². The second-order valence-electron chi connectivity index (χ2n) is 8.02. The number of carbonyl (C=O) groups is 1. The van der Waals surface area contributed by atoms with Crippen LogP contribution >= 0.6 is 0 Å². The van der Waals surface area contributed by atoms with E-state index in [1.54, 1.807) is 0 Å². The minimum atomic E-state index is -0.486. The maximum absolute atomic E-state index is 12.9. The largest absolute Gasteiger partial charge is 1.00 e. The first kappa shape index (κ1) is 19.6. The molecule has 4 saturated carbocycles. The molecule has 0 radical (unpaired) electrons. The number of carbonyl (C=O) groups excluding carboxylic acids is 1. The molecule has 126 valence electrons. The minimum Gasteiger partial charge on any atom is -1.00 e. The molecule has 0 aromatic carbocycles. The van der Waals surface area contributed by atoms with Crippen molar-refractivity contribution in [2.24, 2.45) is 29.1 Å². The molecule has 0 spiro atoms. The van der Waals surface area contributed by atoms with Crippen molar-refractivity contribution in [3.63, 3.8) is 0 Å². The van der Waals surface area contributed by atoms with Gasteiger partial charge in [0.1, 0.15) is 0 Å². The molecule has 0 aliphatic heterocycles. The number of amides is 1. The van der Waals surface area contributed by atoms with Crippen molar-refractivity contribution >= 4 is 5.91 Å². The Morgan fingerprint density at radius 2 is 1.65 bits per heavy atom. The fourth-order valence-electron chi connectivity index (χ4n) is 5.69. The van der Waals surface area contributed by atoms with Crippen molar-refractivity contribution in [1.29, 1.82) is 0 Å². The molecule has 1 unspecified atom stereocenters. The number of nitrogens with one attached hydrogen (secondary N) is 1. The maximum atomic E-state index is 12.9. The Labute approximate surface area is 161 Å². The molecule has 5 aliphatic carbocycles. The topological polar surface area (TPSA) is 29.1 Å². The van der Waals surface area contributed by atoms with Crippen molar-refractivity contribution < 1.29 is 49.0 Å². The molecule has 2 nitrogen and oxygen atoms in total. The zero-order valence-electron chi connectivity index (χ0n) is 13.9. The van der Waals surface area contributed by atoms with E-state index >= 15 is 0 Å². The number of halogens is 2. The second kappa shape index (κ2) is 7.24. The van der Waals surface area contributed by atoms with E-state index in [2.05, 4.69) is 29.8 Å². The maximum Gasteiger partial charge on any atom is -1.00 e. The first-order valence-electron chi connectivity index (χ1n) is 8.51. The van der Waals surface area contributed by atoms with Crippen LogP contribution in [0.25, 0.3) is 0 Å². The molecule has 4 fully saturated rings. The van der Waals surface area contributed by atoms with Crippen LogP contribution in [0.3, 0.4) is 0 Å². The quantitative estimate of drug-likeness (QED) is 0.545. The van der Waals surface area contributed by atoms with Crippen molar-refractivity contribution in [3.05, 3.63) is 21.6 Å². The Morgan fingerprint density at radius 1 is 1.13 bits per heavy atom. The van der Waals surface area contributed by atoms with Gasteiger partial charge < -0.3 is 24.8 Å². The van der Waals surface area contributed by atoms with Gasteiger partial charge in [-0.05, 0) is 0 Å². The Bertz CT molecular complexity index is 508. The summed E-state index contributed by atoms with van der Waals surface area (Å²) in [6, 6.07) is 0. The Hall–Kier alpha value is 0.244. The predicted molar refractivity (Wildman–Crippen MR) is 79.8 cm³/mol. The Balaban J connectivity index is 0.000000960. The van der Waals surface area contributed by atoms with Crippen molar-refractivity contribution in [1.82, 2.24) is 3.80 Å².